The van der Waals surface area contributed by atoms with E-state index < -0.39 is 0 Å². The average Bonchev–Trinajstić information content (AvgIpc) is 3.87. The summed E-state index contributed by atoms with van der Waals surface area (Å²) in [5.41, 5.74) is 12.1. The Morgan fingerprint density at radius 3 is 1.53 bits per heavy atom. The fraction of sp³-hybridized carbons (Fsp3) is 0. The molecule has 13 rings (SSSR count). The number of fused-ring (bicyclic) bond motifs is 9. The van der Waals surface area contributed by atoms with Crippen LogP contribution in [0.15, 0.2) is 224 Å². The van der Waals surface area contributed by atoms with E-state index in [9.17, 15) is 0 Å². The molecule has 0 aliphatic rings. The maximum absolute atomic E-state index is 5.05. The Bertz CT molecular complexity index is 3870. The molecular formula is C59H37N5. The van der Waals surface area contributed by atoms with Crippen LogP contribution >= 0.6 is 0 Å². The van der Waals surface area contributed by atoms with Crippen LogP contribution in [0.5, 0.6) is 0 Å². The van der Waals surface area contributed by atoms with E-state index in [1.54, 1.807) is 0 Å². The second-order valence-corrected chi connectivity index (χ2v) is 16.4. The molecule has 3 heterocycles. The lowest BCUT2D eigenvalue weighted by atomic mass is 9.94. The van der Waals surface area contributed by atoms with Gasteiger partial charge in [0.2, 0.25) is 0 Å². The van der Waals surface area contributed by atoms with Crippen molar-refractivity contribution in [3.63, 3.8) is 0 Å². The second kappa shape index (κ2) is 14.5. The Kier molecular flexibility index (Phi) is 8.15. The van der Waals surface area contributed by atoms with E-state index in [0.29, 0.717) is 17.5 Å². The van der Waals surface area contributed by atoms with Gasteiger partial charge in [-0.15, -0.1) is 0 Å². The van der Waals surface area contributed by atoms with Crippen LogP contribution in [0.1, 0.15) is 0 Å². The average molecular weight is 816 g/mol. The number of hydrogen-bond acceptors (Lipinski definition) is 3. The summed E-state index contributed by atoms with van der Waals surface area (Å²) >= 11 is 0. The van der Waals surface area contributed by atoms with Crippen molar-refractivity contribution < 1.29 is 0 Å². The van der Waals surface area contributed by atoms with Crippen LogP contribution in [0.25, 0.3) is 122 Å². The molecule has 0 aliphatic carbocycles. The molecule has 0 spiro atoms. The lowest BCUT2D eigenvalue weighted by Gasteiger charge is -2.14. The Labute approximate surface area is 368 Å². The van der Waals surface area contributed by atoms with Crippen molar-refractivity contribution in [2.24, 2.45) is 0 Å². The largest absolute Gasteiger partial charge is 0.309 e. The molecule has 0 unspecified atom stereocenters. The molecule has 0 fully saturated rings. The first-order valence-electron chi connectivity index (χ1n) is 21.7. The van der Waals surface area contributed by atoms with Crippen LogP contribution in [0.2, 0.25) is 0 Å². The first kappa shape index (κ1) is 36.0. The van der Waals surface area contributed by atoms with Gasteiger partial charge in [0.1, 0.15) is 0 Å². The highest BCUT2D eigenvalue weighted by atomic mass is 15.0. The summed E-state index contributed by atoms with van der Waals surface area (Å²) in [6, 6.07) is 80.0. The van der Waals surface area contributed by atoms with Gasteiger partial charge in [-0.1, -0.05) is 176 Å². The van der Waals surface area contributed by atoms with E-state index in [-0.39, 0.29) is 0 Å². The molecule has 0 aliphatic heterocycles. The van der Waals surface area contributed by atoms with E-state index in [2.05, 4.69) is 173 Å². The van der Waals surface area contributed by atoms with Gasteiger partial charge in [0, 0.05) is 49.3 Å². The zero-order valence-electron chi connectivity index (χ0n) is 34.6. The lowest BCUT2D eigenvalue weighted by molar-refractivity contribution is 1.07. The van der Waals surface area contributed by atoms with Crippen LogP contribution in [0, 0.1) is 0 Å². The summed E-state index contributed by atoms with van der Waals surface area (Å²) in [6.07, 6.45) is 0. The van der Waals surface area contributed by atoms with Gasteiger partial charge in [-0.2, -0.15) is 0 Å². The van der Waals surface area contributed by atoms with Crippen molar-refractivity contribution in [1.82, 2.24) is 24.1 Å². The molecule has 5 nitrogen and oxygen atoms in total. The number of benzene rings is 10. The summed E-state index contributed by atoms with van der Waals surface area (Å²) in [6.45, 7) is 0. The molecule has 0 radical (unpaired) electrons. The summed E-state index contributed by atoms with van der Waals surface area (Å²) in [7, 11) is 0. The third-order valence-electron chi connectivity index (χ3n) is 12.7. The molecule has 13 aromatic rings. The molecule has 0 saturated heterocycles. The first-order chi connectivity index (χ1) is 31.7. The maximum atomic E-state index is 5.05. The van der Waals surface area contributed by atoms with Crippen molar-refractivity contribution >= 4 is 65.2 Å². The van der Waals surface area contributed by atoms with Crippen LogP contribution in [-0.4, -0.2) is 24.1 Å². The van der Waals surface area contributed by atoms with E-state index in [1.165, 1.54) is 49.0 Å². The van der Waals surface area contributed by atoms with Gasteiger partial charge >= 0.3 is 0 Å². The minimum absolute atomic E-state index is 0.635. The van der Waals surface area contributed by atoms with Crippen LogP contribution in [0.4, 0.5) is 0 Å². The molecule has 0 saturated carbocycles. The number of hydrogen-bond donors (Lipinski definition) is 0. The fourth-order valence-corrected chi connectivity index (χ4v) is 9.85. The molecule has 5 heteroatoms. The molecular weight excluding hydrogens is 779 g/mol. The number of para-hydroxylation sites is 2. The van der Waals surface area contributed by atoms with Crippen LogP contribution in [-0.2, 0) is 0 Å². The van der Waals surface area contributed by atoms with Crippen LogP contribution < -0.4 is 0 Å². The zero-order valence-corrected chi connectivity index (χ0v) is 34.6. The minimum Gasteiger partial charge on any atom is -0.309 e. The normalized spacial score (nSPS) is 11.8. The highest BCUT2D eigenvalue weighted by molar-refractivity contribution is 6.27. The van der Waals surface area contributed by atoms with Crippen LogP contribution in [0.3, 0.4) is 0 Å². The molecule has 0 bridgehead atoms. The van der Waals surface area contributed by atoms with Gasteiger partial charge < -0.3 is 9.13 Å². The number of nitrogens with zero attached hydrogens (tertiary/aromatic N) is 5. The van der Waals surface area contributed by atoms with E-state index in [0.717, 1.165) is 55.4 Å². The molecule has 0 amide bonds. The molecule has 0 atom stereocenters. The topological polar surface area (TPSA) is 48.5 Å². The summed E-state index contributed by atoms with van der Waals surface area (Å²) in [5.74, 6) is 1.93. The SMILES string of the molecule is c1ccc(-c2nc(-c3ccccc3)nc(-c3ccc4c(-n5c6ccccc6c6cc7c8c9ccccc9c(-c9ccccc9)cc8n(-c8ccccc8)c7cc65)cccc4c3)n2)cc1. The van der Waals surface area contributed by atoms with E-state index in [1.807, 2.05) is 60.7 Å². The fourth-order valence-electron chi connectivity index (χ4n) is 9.85. The Morgan fingerprint density at radius 2 is 0.844 bits per heavy atom. The number of aromatic nitrogens is 5. The summed E-state index contributed by atoms with van der Waals surface area (Å²) in [4.78, 5) is 15.0. The van der Waals surface area contributed by atoms with Crippen molar-refractivity contribution in [3.05, 3.63) is 224 Å². The molecule has 3 aromatic heterocycles. The van der Waals surface area contributed by atoms with E-state index >= 15 is 0 Å². The zero-order chi connectivity index (χ0) is 42.1. The summed E-state index contributed by atoms with van der Waals surface area (Å²) in [5, 5.41) is 9.65. The lowest BCUT2D eigenvalue weighted by Crippen LogP contribution is -2.00. The Balaban J connectivity index is 1.06. The second-order valence-electron chi connectivity index (χ2n) is 16.4. The first-order valence-corrected chi connectivity index (χ1v) is 21.7. The highest BCUT2D eigenvalue weighted by Crippen LogP contribution is 2.45. The van der Waals surface area contributed by atoms with Gasteiger partial charge in [-0.05, 0) is 75.8 Å². The van der Waals surface area contributed by atoms with Gasteiger partial charge in [0.05, 0.1) is 27.8 Å². The molecule has 10 aromatic carbocycles. The van der Waals surface area contributed by atoms with Crippen molar-refractivity contribution in [2.75, 3.05) is 0 Å². The molecule has 0 N–H and O–H groups in total. The smallest absolute Gasteiger partial charge is 0.164 e. The van der Waals surface area contributed by atoms with Crippen molar-refractivity contribution in [2.45, 2.75) is 0 Å². The Hall–Kier alpha value is -8.67. The summed E-state index contributed by atoms with van der Waals surface area (Å²) < 4.78 is 4.92. The third kappa shape index (κ3) is 5.68. The van der Waals surface area contributed by atoms with Crippen molar-refractivity contribution in [1.29, 1.82) is 0 Å². The predicted octanol–water partition coefficient (Wildman–Crippen LogP) is 15.0. The maximum Gasteiger partial charge on any atom is 0.164 e. The predicted molar refractivity (Wildman–Crippen MR) is 265 cm³/mol. The monoisotopic (exact) mass is 815 g/mol. The quantitative estimate of drug-likeness (QED) is 0.168. The van der Waals surface area contributed by atoms with Gasteiger partial charge in [0.15, 0.2) is 17.5 Å². The highest BCUT2D eigenvalue weighted by Gasteiger charge is 2.22. The van der Waals surface area contributed by atoms with Gasteiger partial charge in [-0.25, -0.2) is 15.0 Å². The van der Waals surface area contributed by atoms with Crippen molar-refractivity contribution in [3.8, 4) is 56.7 Å². The molecule has 64 heavy (non-hydrogen) atoms. The van der Waals surface area contributed by atoms with Gasteiger partial charge in [-0.3, -0.25) is 0 Å². The standard InChI is InChI=1S/C59H37N5/c1-5-18-38(19-6-1)48-36-55-56(47-29-14-13-27-45(47)48)50-35-49-46-28-15-16-30-52(46)64(53(49)37-54(50)63(55)43-25-11-4-12-26-43)51-31-17-24-41-34-42(32-33-44(41)51)59-61-57(39-20-7-2-8-21-39)60-58(62-59)40-22-9-3-10-23-40/h1-37H. The molecule has 298 valence electrons. The van der Waals surface area contributed by atoms with Gasteiger partial charge in [0.25, 0.3) is 0 Å². The minimum atomic E-state index is 0.635. The Morgan fingerprint density at radius 1 is 0.281 bits per heavy atom. The van der Waals surface area contributed by atoms with E-state index in [4.69, 9.17) is 15.0 Å². The third-order valence-corrected chi connectivity index (χ3v) is 12.7. The number of rotatable bonds is 6.